The monoisotopic (exact) mass is 403 g/mol. The summed E-state index contributed by atoms with van der Waals surface area (Å²) in [6.45, 7) is 0. The maximum absolute atomic E-state index is 12.4. The number of fused-ring (bicyclic) bond motifs is 1. The van der Waals surface area contributed by atoms with Gasteiger partial charge in [-0.25, -0.2) is 4.79 Å². The lowest BCUT2D eigenvalue weighted by Crippen LogP contribution is -2.15. The molecule has 128 valence electrons. The van der Waals surface area contributed by atoms with Crippen LogP contribution in [-0.4, -0.2) is 20.1 Å². The minimum Gasteiger partial charge on any atom is -0.497 e. The van der Waals surface area contributed by atoms with Gasteiger partial charge in [-0.3, -0.25) is 4.79 Å². The second-order valence-electron chi connectivity index (χ2n) is 5.19. The topological polar surface area (TPSA) is 77.8 Å². The van der Waals surface area contributed by atoms with Gasteiger partial charge in [0, 0.05) is 28.4 Å². The lowest BCUT2D eigenvalue weighted by atomic mass is 10.1. The highest BCUT2D eigenvalue weighted by Gasteiger charge is 2.14. The third kappa shape index (κ3) is 3.66. The highest BCUT2D eigenvalue weighted by Crippen LogP contribution is 2.26. The molecule has 0 bridgehead atoms. The van der Waals surface area contributed by atoms with Gasteiger partial charge in [0.15, 0.2) is 5.76 Å². The number of nitrogens with one attached hydrogen (secondary N) is 1. The van der Waals surface area contributed by atoms with Crippen LogP contribution in [0, 0.1) is 0 Å². The Morgan fingerprint density at radius 1 is 1.04 bits per heavy atom. The largest absolute Gasteiger partial charge is 0.497 e. The zero-order valence-electron chi connectivity index (χ0n) is 13.5. The molecule has 1 amide bonds. The van der Waals surface area contributed by atoms with Crippen molar-refractivity contribution in [1.29, 1.82) is 0 Å². The standard InChI is InChI=1S/C18H14BrNO5/c1-23-13-7-12(8-14(9-13)24-2)20-17(21)16-5-10-3-4-11(19)6-15(10)18(22)25-16/h3-9H,1-2H3,(H,20,21). The molecule has 3 rings (SSSR count). The van der Waals surface area contributed by atoms with Gasteiger partial charge in [-0.2, -0.15) is 0 Å². The van der Waals surface area contributed by atoms with Crippen LogP contribution in [0.1, 0.15) is 10.6 Å². The van der Waals surface area contributed by atoms with Crippen molar-refractivity contribution in [2.24, 2.45) is 0 Å². The minimum absolute atomic E-state index is 0.0818. The Labute approximate surface area is 151 Å². The summed E-state index contributed by atoms with van der Waals surface area (Å²) in [4.78, 5) is 24.5. The van der Waals surface area contributed by atoms with Crippen LogP contribution in [0.5, 0.6) is 11.5 Å². The summed E-state index contributed by atoms with van der Waals surface area (Å²) in [5.41, 5.74) is -0.119. The van der Waals surface area contributed by atoms with E-state index >= 15 is 0 Å². The van der Waals surface area contributed by atoms with E-state index in [2.05, 4.69) is 21.2 Å². The molecule has 25 heavy (non-hydrogen) atoms. The Kier molecular flexibility index (Phi) is 4.76. The molecule has 6 nitrogen and oxygen atoms in total. The van der Waals surface area contributed by atoms with Crippen LogP contribution in [0.4, 0.5) is 5.69 Å². The molecule has 1 N–H and O–H groups in total. The lowest BCUT2D eigenvalue weighted by Gasteiger charge is -2.09. The van der Waals surface area contributed by atoms with Gasteiger partial charge in [0.2, 0.25) is 0 Å². The molecule has 2 aromatic carbocycles. The third-order valence-corrected chi connectivity index (χ3v) is 4.05. The van der Waals surface area contributed by atoms with Gasteiger partial charge in [0.05, 0.1) is 19.6 Å². The zero-order chi connectivity index (χ0) is 18.0. The SMILES string of the molecule is COc1cc(NC(=O)c2cc3ccc(Br)cc3c(=O)o2)cc(OC)c1. The number of carbonyl (C=O) groups excluding carboxylic acids is 1. The molecule has 1 heterocycles. The molecule has 0 radical (unpaired) electrons. The van der Waals surface area contributed by atoms with Crippen LogP contribution < -0.4 is 20.4 Å². The van der Waals surface area contributed by atoms with Crippen molar-refractivity contribution < 1.29 is 18.7 Å². The fourth-order valence-corrected chi connectivity index (χ4v) is 2.70. The maximum Gasteiger partial charge on any atom is 0.344 e. The molecule has 0 unspecified atom stereocenters. The Balaban J connectivity index is 1.95. The molecular weight excluding hydrogens is 390 g/mol. The zero-order valence-corrected chi connectivity index (χ0v) is 15.0. The number of halogens is 1. The number of amides is 1. The predicted molar refractivity (Wildman–Crippen MR) is 97.7 cm³/mol. The summed E-state index contributed by atoms with van der Waals surface area (Å²) in [5, 5.41) is 3.69. The predicted octanol–water partition coefficient (Wildman–Crippen LogP) is 3.83. The van der Waals surface area contributed by atoms with Crippen LogP contribution >= 0.6 is 15.9 Å². The summed E-state index contributed by atoms with van der Waals surface area (Å²) in [7, 11) is 3.03. The van der Waals surface area contributed by atoms with E-state index in [-0.39, 0.29) is 5.76 Å². The van der Waals surface area contributed by atoms with E-state index in [1.807, 2.05) is 0 Å². The summed E-state index contributed by atoms with van der Waals surface area (Å²) in [6.07, 6.45) is 0. The van der Waals surface area contributed by atoms with E-state index in [4.69, 9.17) is 13.9 Å². The molecule has 0 atom stereocenters. The van der Waals surface area contributed by atoms with E-state index in [0.29, 0.717) is 28.0 Å². The molecule has 0 aliphatic carbocycles. The molecule has 0 saturated heterocycles. The van der Waals surface area contributed by atoms with Crippen molar-refractivity contribution in [3.8, 4) is 11.5 Å². The van der Waals surface area contributed by atoms with Gasteiger partial charge in [-0.15, -0.1) is 0 Å². The van der Waals surface area contributed by atoms with Gasteiger partial charge in [-0.1, -0.05) is 22.0 Å². The first-order chi connectivity index (χ1) is 12.0. The van der Waals surface area contributed by atoms with Crippen LogP contribution in [0.15, 0.2) is 56.1 Å². The number of anilines is 1. The van der Waals surface area contributed by atoms with Crippen LogP contribution in [0.3, 0.4) is 0 Å². The fraction of sp³-hybridized carbons (Fsp3) is 0.111. The highest BCUT2D eigenvalue weighted by atomic mass is 79.9. The molecule has 0 fully saturated rings. The Bertz CT molecular complexity index is 990. The second-order valence-corrected chi connectivity index (χ2v) is 6.10. The van der Waals surface area contributed by atoms with Crippen molar-refractivity contribution in [1.82, 2.24) is 0 Å². The molecule has 3 aromatic rings. The van der Waals surface area contributed by atoms with Gasteiger partial charge >= 0.3 is 5.63 Å². The first-order valence-corrected chi connectivity index (χ1v) is 8.07. The Hall–Kier alpha value is -2.80. The van der Waals surface area contributed by atoms with E-state index in [0.717, 1.165) is 4.47 Å². The van der Waals surface area contributed by atoms with Crippen molar-refractivity contribution in [2.45, 2.75) is 0 Å². The van der Waals surface area contributed by atoms with Crippen LogP contribution in [-0.2, 0) is 0 Å². The van der Waals surface area contributed by atoms with Gasteiger partial charge in [0.1, 0.15) is 11.5 Å². The lowest BCUT2D eigenvalue weighted by molar-refractivity contribution is 0.0993. The number of methoxy groups -OCH3 is 2. The molecule has 0 saturated carbocycles. The van der Waals surface area contributed by atoms with Crippen LogP contribution in [0.2, 0.25) is 0 Å². The highest BCUT2D eigenvalue weighted by molar-refractivity contribution is 9.10. The van der Waals surface area contributed by atoms with Gasteiger partial charge < -0.3 is 19.2 Å². The fourth-order valence-electron chi connectivity index (χ4n) is 2.34. The van der Waals surface area contributed by atoms with E-state index < -0.39 is 11.5 Å². The molecular formula is C18H14BrNO5. The number of hydrogen-bond acceptors (Lipinski definition) is 5. The van der Waals surface area contributed by atoms with Gasteiger partial charge in [-0.05, 0) is 23.6 Å². The maximum atomic E-state index is 12.4. The van der Waals surface area contributed by atoms with E-state index in [9.17, 15) is 9.59 Å². The first-order valence-electron chi connectivity index (χ1n) is 7.28. The number of hydrogen-bond donors (Lipinski definition) is 1. The number of carbonyl (C=O) groups is 1. The molecule has 0 spiro atoms. The summed E-state index contributed by atoms with van der Waals surface area (Å²) >= 11 is 3.30. The molecule has 1 aromatic heterocycles. The second kappa shape index (κ2) is 6.98. The summed E-state index contributed by atoms with van der Waals surface area (Å²) < 4.78 is 16.2. The number of rotatable bonds is 4. The van der Waals surface area contributed by atoms with Crippen molar-refractivity contribution in [3.05, 3.63) is 63.1 Å². The molecule has 7 heteroatoms. The summed E-state index contributed by atoms with van der Waals surface area (Å²) in [6, 6.07) is 11.7. The van der Waals surface area contributed by atoms with E-state index in [1.165, 1.54) is 20.3 Å². The Morgan fingerprint density at radius 3 is 2.36 bits per heavy atom. The van der Waals surface area contributed by atoms with Crippen molar-refractivity contribution in [2.75, 3.05) is 19.5 Å². The normalized spacial score (nSPS) is 10.5. The average molecular weight is 404 g/mol. The van der Waals surface area contributed by atoms with Crippen molar-refractivity contribution in [3.63, 3.8) is 0 Å². The number of benzene rings is 2. The number of ether oxygens (including phenoxy) is 2. The van der Waals surface area contributed by atoms with E-state index in [1.54, 1.807) is 36.4 Å². The quantitative estimate of drug-likeness (QED) is 0.716. The minimum atomic E-state index is -0.577. The average Bonchev–Trinajstić information content (AvgIpc) is 2.61. The molecule has 0 aliphatic rings. The van der Waals surface area contributed by atoms with Crippen LogP contribution in [0.25, 0.3) is 10.8 Å². The first kappa shape index (κ1) is 17.0. The smallest absolute Gasteiger partial charge is 0.344 e. The Morgan fingerprint density at radius 2 is 1.72 bits per heavy atom. The third-order valence-electron chi connectivity index (χ3n) is 3.56. The molecule has 0 aliphatic heterocycles. The summed E-state index contributed by atoms with van der Waals surface area (Å²) in [5.74, 6) is 0.428. The van der Waals surface area contributed by atoms with Gasteiger partial charge in [0.25, 0.3) is 5.91 Å². The van der Waals surface area contributed by atoms with Crippen molar-refractivity contribution >= 4 is 38.3 Å².